The van der Waals surface area contributed by atoms with Gasteiger partial charge in [-0.1, -0.05) is 150 Å². The molecule has 0 fully saturated rings. The van der Waals surface area contributed by atoms with Crippen molar-refractivity contribution in [2.24, 2.45) is 0 Å². The standard InChI is InChI=1S/C58H49BN2O/c1-32-29-41-42(57(4,5)28-27-56(41,2)3)31-45(32)60-44-25-24-36-35-17-10-12-20-40(35)58(6,7)52(36)50(44)39-30-48-51(37-18-11-13-22-47(37)62-48)55-53(39)59-43-21-14-19-38-49-34-16-9-8-15-33(34)23-26-46(49)61(55)54(38)43/h8-26,29-31,59-60H,27-28H2,1-7H3. The molecule has 0 saturated heterocycles. The predicted octanol–water partition coefficient (Wildman–Crippen LogP) is 13.9. The van der Waals surface area contributed by atoms with E-state index in [1.165, 1.54) is 123 Å². The van der Waals surface area contributed by atoms with Crippen LogP contribution in [0.2, 0.25) is 0 Å². The molecule has 4 heteroatoms. The zero-order chi connectivity index (χ0) is 42.0. The normalized spacial score (nSPS) is 16.4. The Morgan fingerprint density at radius 2 is 1.31 bits per heavy atom. The van der Waals surface area contributed by atoms with Gasteiger partial charge in [0.15, 0.2) is 7.28 Å². The minimum atomic E-state index is -0.259. The summed E-state index contributed by atoms with van der Waals surface area (Å²) >= 11 is 0. The van der Waals surface area contributed by atoms with Crippen molar-refractivity contribution < 1.29 is 4.42 Å². The summed E-state index contributed by atoms with van der Waals surface area (Å²) < 4.78 is 9.61. The van der Waals surface area contributed by atoms with Gasteiger partial charge in [-0.25, -0.2) is 0 Å². The van der Waals surface area contributed by atoms with Gasteiger partial charge < -0.3 is 14.3 Å². The molecule has 3 heterocycles. The van der Waals surface area contributed by atoms with Crippen LogP contribution in [0, 0.1) is 6.92 Å². The lowest BCUT2D eigenvalue weighted by molar-refractivity contribution is 0.332. The second-order valence-corrected chi connectivity index (χ2v) is 20.4. The van der Waals surface area contributed by atoms with Crippen LogP contribution in [0.25, 0.3) is 82.5 Å². The van der Waals surface area contributed by atoms with E-state index in [0.29, 0.717) is 0 Å². The van der Waals surface area contributed by atoms with Gasteiger partial charge in [-0.3, -0.25) is 0 Å². The highest BCUT2D eigenvalue weighted by atomic mass is 16.3. The maximum Gasteiger partial charge on any atom is 0.198 e. The molecule has 1 N–H and O–H groups in total. The van der Waals surface area contributed by atoms with Crippen molar-refractivity contribution in [2.45, 2.75) is 77.6 Å². The van der Waals surface area contributed by atoms with Crippen LogP contribution in [0.3, 0.4) is 0 Å². The zero-order valence-corrected chi connectivity index (χ0v) is 36.7. The number of hydrogen-bond acceptors (Lipinski definition) is 2. The van der Waals surface area contributed by atoms with E-state index in [9.17, 15) is 0 Å². The number of aryl methyl sites for hydroxylation is 1. The SMILES string of the molecule is Cc1cc2c(cc1Nc1ccc3c(c1-c1cc4oc5ccccc5c4c4c1Bc1cccc5c6c7ccccc7ccc6n-4c15)C(C)(C)c1ccccc1-3)C(C)(C)CCC2(C)C. The summed E-state index contributed by atoms with van der Waals surface area (Å²) in [6, 6.07) is 50.3. The highest BCUT2D eigenvalue weighted by molar-refractivity contribution is 6.74. The van der Waals surface area contributed by atoms with Gasteiger partial charge >= 0.3 is 0 Å². The maximum atomic E-state index is 7.00. The van der Waals surface area contributed by atoms with E-state index in [-0.39, 0.29) is 16.2 Å². The first-order valence-electron chi connectivity index (χ1n) is 22.5. The first-order valence-corrected chi connectivity index (χ1v) is 22.5. The summed E-state index contributed by atoms with van der Waals surface area (Å²) in [4.78, 5) is 0. The van der Waals surface area contributed by atoms with Gasteiger partial charge in [0.25, 0.3) is 0 Å². The first-order chi connectivity index (χ1) is 29.9. The minimum Gasteiger partial charge on any atom is -0.456 e. The average Bonchev–Trinajstić information content (AvgIpc) is 3.89. The van der Waals surface area contributed by atoms with Crippen LogP contribution in [-0.2, 0) is 16.2 Å². The van der Waals surface area contributed by atoms with Crippen molar-refractivity contribution in [3.63, 3.8) is 0 Å². The molecule has 2 aliphatic carbocycles. The number of aromatic nitrogens is 1. The molecule has 0 saturated carbocycles. The number of anilines is 2. The van der Waals surface area contributed by atoms with E-state index in [1.807, 2.05) is 0 Å². The Bertz CT molecular complexity index is 3630. The summed E-state index contributed by atoms with van der Waals surface area (Å²) in [5.41, 5.74) is 22.7. The van der Waals surface area contributed by atoms with E-state index in [4.69, 9.17) is 4.42 Å². The molecule has 3 nitrogen and oxygen atoms in total. The molecule has 1 aliphatic heterocycles. The Balaban J connectivity index is 1.16. The first kappa shape index (κ1) is 36.2. The van der Waals surface area contributed by atoms with Gasteiger partial charge in [-0.05, 0) is 122 Å². The topological polar surface area (TPSA) is 30.1 Å². The van der Waals surface area contributed by atoms with Crippen molar-refractivity contribution in [3.05, 3.63) is 161 Å². The van der Waals surface area contributed by atoms with Crippen molar-refractivity contribution in [1.82, 2.24) is 4.57 Å². The number of para-hydroxylation sites is 2. The van der Waals surface area contributed by atoms with E-state index in [2.05, 4.69) is 192 Å². The van der Waals surface area contributed by atoms with Gasteiger partial charge in [-0.15, -0.1) is 0 Å². The van der Waals surface area contributed by atoms with E-state index < -0.39 is 0 Å². The monoisotopic (exact) mass is 800 g/mol. The highest BCUT2D eigenvalue weighted by Gasteiger charge is 2.41. The molecule has 0 atom stereocenters. The van der Waals surface area contributed by atoms with Crippen LogP contribution in [0.4, 0.5) is 11.4 Å². The van der Waals surface area contributed by atoms with Gasteiger partial charge in [0.05, 0.1) is 16.6 Å². The second-order valence-electron chi connectivity index (χ2n) is 20.4. The number of hydrogen-bond donors (Lipinski definition) is 1. The number of rotatable bonds is 3. The van der Waals surface area contributed by atoms with E-state index >= 15 is 0 Å². The number of fused-ring (bicyclic) bond motifs is 15. The van der Waals surface area contributed by atoms with Gasteiger partial charge in [0, 0.05) is 44.0 Å². The van der Waals surface area contributed by atoms with Crippen LogP contribution in [0.15, 0.2) is 138 Å². The summed E-state index contributed by atoms with van der Waals surface area (Å²) in [5.74, 6) is 0. The number of nitrogens with one attached hydrogen (secondary N) is 1. The molecule has 2 aromatic heterocycles. The summed E-state index contributed by atoms with van der Waals surface area (Å²) in [6.07, 6.45) is 2.37. The van der Waals surface area contributed by atoms with Crippen LogP contribution in [-0.4, -0.2) is 11.8 Å². The lowest BCUT2D eigenvalue weighted by atomic mass is 9.58. The smallest absolute Gasteiger partial charge is 0.198 e. The van der Waals surface area contributed by atoms with E-state index in [0.717, 1.165) is 29.5 Å². The number of furan rings is 1. The van der Waals surface area contributed by atoms with Crippen LogP contribution < -0.4 is 16.2 Å². The largest absolute Gasteiger partial charge is 0.456 e. The van der Waals surface area contributed by atoms with Crippen molar-refractivity contribution in [1.29, 1.82) is 0 Å². The predicted molar refractivity (Wildman–Crippen MR) is 265 cm³/mol. The summed E-state index contributed by atoms with van der Waals surface area (Å²) in [5, 5.41) is 11.7. The minimum absolute atomic E-state index is 0.0916. The van der Waals surface area contributed by atoms with Crippen LogP contribution in [0.1, 0.15) is 82.2 Å². The third-order valence-corrected chi connectivity index (χ3v) is 15.6. The lowest BCUT2D eigenvalue weighted by Crippen LogP contribution is -2.37. The van der Waals surface area contributed by atoms with Crippen molar-refractivity contribution in [2.75, 3.05) is 5.32 Å². The third-order valence-electron chi connectivity index (χ3n) is 15.6. The summed E-state index contributed by atoms with van der Waals surface area (Å²) in [6.45, 7) is 16.8. The molecule has 0 bridgehead atoms. The Kier molecular flexibility index (Phi) is 7.06. The van der Waals surface area contributed by atoms with Crippen molar-refractivity contribution in [3.8, 4) is 27.9 Å². The Hall–Kier alpha value is -6.52. The molecule has 10 aromatic rings. The Morgan fingerprint density at radius 1 is 0.581 bits per heavy atom. The fraction of sp³-hybridized carbons (Fsp3) is 0.207. The summed E-state index contributed by atoms with van der Waals surface area (Å²) in [7, 11) is 0.809. The number of benzene rings is 8. The molecule has 8 aromatic carbocycles. The molecular weight excluding hydrogens is 751 g/mol. The van der Waals surface area contributed by atoms with Crippen LogP contribution in [0.5, 0.6) is 0 Å². The molecule has 13 rings (SSSR count). The van der Waals surface area contributed by atoms with Gasteiger partial charge in [-0.2, -0.15) is 0 Å². The lowest BCUT2D eigenvalue weighted by Gasteiger charge is -2.42. The molecule has 0 unspecified atom stereocenters. The molecule has 3 aliphatic rings. The van der Waals surface area contributed by atoms with Gasteiger partial charge in [0.2, 0.25) is 0 Å². The Morgan fingerprint density at radius 3 is 2.15 bits per heavy atom. The zero-order valence-electron chi connectivity index (χ0n) is 36.7. The van der Waals surface area contributed by atoms with Gasteiger partial charge in [0.1, 0.15) is 11.2 Å². The maximum absolute atomic E-state index is 7.00. The number of nitrogens with zero attached hydrogens (tertiary/aromatic N) is 1. The fourth-order valence-electron chi connectivity index (χ4n) is 12.3. The average molecular weight is 801 g/mol. The molecule has 0 amide bonds. The molecular formula is C58H49BN2O. The quantitative estimate of drug-likeness (QED) is 0.180. The van der Waals surface area contributed by atoms with Crippen LogP contribution >= 0.6 is 0 Å². The second kappa shape index (κ2) is 12.1. The molecule has 300 valence electrons. The molecule has 0 radical (unpaired) electrons. The van der Waals surface area contributed by atoms with E-state index in [1.54, 1.807) is 0 Å². The molecule has 62 heavy (non-hydrogen) atoms. The third kappa shape index (κ3) is 4.68. The Labute approximate surface area is 363 Å². The molecule has 0 spiro atoms. The fourth-order valence-corrected chi connectivity index (χ4v) is 12.3. The van der Waals surface area contributed by atoms with Crippen molar-refractivity contribution >= 4 is 84.1 Å². The highest BCUT2D eigenvalue weighted by Crippen LogP contribution is 2.56.